The van der Waals surface area contributed by atoms with Gasteiger partial charge in [-0.1, -0.05) is 57.2 Å². The molecule has 14 heteroatoms. The Labute approximate surface area is 269 Å². The zero-order valence-electron chi connectivity index (χ0n) is 27.1. The molecule has 1 N–H and O–H groups in total. The fraction of sp³-hybridized carbons (Fsp3) is 0.485. The number of carbonyl (C=O) groups excluding carboxylic acids is 5. The smallest absolute Gasteiger partial charge is 0.418 e. The van der Waals surface area contributed by atoms with Gasteiger partial charge in [0.1, 0.15) is 17.4 Å². The van der Waals surface area contributed by atoms with E-state index in [1.807, 2.05) is 20.8 Å². The summed E-state index contributed by atoms with van der Waals surface area (Å²) in [6.45, 7) is 7.73. The quantitative estimate of drug-likeness (QED) is 0.253. The van der Waals surface area contributed by atoms with Gasteiger partial charge in [0.05, 0.1) is 45.2 Å². The first kappa shape index (κ1) is 35.4. The van der Waals surface area contributed by atoms with Crippen molar-refractivity contribution in [1.29, 1.82) is 0 Å². The van der Waals surface area contributed by atoms with Crippen LogP contribution in [0.5, 0.6) is 0 Å². The Kier molecular flexibility index (Phi) is 9.51. The van der Waals surface area contributed by atoms with Gasteiger partial charge in [-0.25, -0.2) is 9.59 Å². The average Bonchev–Trinajstić information content (AvgIpc) is 3.47. The van der Waals surface area contributed by atoms with Gasteiger partial charge < -0.3 is 23.8 Å². The van der Waals surface area contributed by atoms with Crippen LogP contribution < -0.4 is 10.2 Å². The molecule has 0 unspecified atom stereocenters. The van der Waals surface area contributed by atoms with Crippen molar-refractivity contribution < 1.29 is 56.1 Å². The maximum absolute atomic E-state index is 14.9. The molecule has 0 saturated carbocycles. The maximum atomic E-state index is 14.9. The lowest BCUT2D eigenvalue weighted by Gasteiger charge is -2.31. The van der Waals surface area contributed by atoms with Crippen molar-refractivity contribution in [2.45, 2.75) is 63.8 Å². The molecule has 0 radical (unpaired) electrons. The molecule has 1 fully saturated rings. The predicted molar refractivity (Wildman–Crippen MR) is 160 cm³/mol. The summed E-state index contributed by atoms with van der Waals surface area (Å²) in [5.74, 6) is -10.8. The summed E-state index contributed by atoms with van der Waals surface area (Å²) in [7, 11) is 1.85. The lowest BCUT2D eigenvalue weighted by Crippen LogP contribution is -2.65. The van der Waals surface area contributed by atoms with Crippen molar-refractivity contribution in [1.82, 2.24) is 5.32 Å². The largest absolute Gasteiger partial charge is 0.469 e. The number of anilines is 1. The fourth-order valence-corrected chi connectivity index (χ4v) is 6.45. The third-order valence-corrected chi connectivity index (χ3v) is 8.55. The van der Waals surface area contributed by atoms with Gasteiger partial charge >= 0.3 is 30.1 Å². The highest BCUT2D eigenvalue weighted by atomic mass is 19.4. The van der Waals surface area contributed by atoms with Gasteiger partial charge in [0.25, 0.3) is 5.91 Å². The molecule has 11 nitrogen and oxygen atoms in total. The number of rotatable bonds is 8. The van der Waals surface area contributed by atoms with Gasteiger partial charge in [-0.3, -0.25) is 19.7 Å². The van der Waals surface area contributed by atoms with Crippen LogP contribution in [0, 0.1) is 11.8 Å². The van der Waals surface area contributed by atoms with Gasteiger partial charge in [0.15, 0.2) is 0 Å². The van der Waals surface area contributed by atoms with Gasteiger partial charge in [-0.15, -0.1) is 0 Å². The number of halogens is 3. The number of esters is 4. The van der Waals surface area contributed by atoms with Crippen LogP contribution in [0.2, 0.25) is 0 Å². The second kappa shape index (κ2) is 12.6. The Morgan fingerprint density at radius 3 is 1.85 bits per heavy atom. The molecule has 1 amide bonds. The van der Waals surface area contributed by atoms with Crippen molar-refractivity contribution in [3.05, 3.63) is 64.7 Å². The summed E-state index contributed by atoms with van der Waals surface area (Å²) in [4.78, 5) is 70.6. The highest BCUT2D eigenvalue weighted by molar-refractivity contribution is 6.17. The molecular formula is C33H37F3N2O9. The topological polar surface area (TPSA) is 138 Å². The van der Waals surface area contributed by atoms with Crippen LogP contribution in [0.3, 0.4) is 0 Å². The fourth-order valence-electron chi connectivity index (χ4n) is 6.45. The van der Waals surface area contributed by atoms with E-state index in [2.05, 4.69) is 5.32 Å². The Morgan fingerprint density at radius 1 is 0.851 bits per heavy atom. The van der Waals surface area contributed by atoms with Gasteiger partial charge in [-0.2, -0.15) is 13.2 Å². The normalized spacial score (nSPS) is 21.7. The van der Waals surface area contributed by atoms with E-state index in [-0.39, 0.29) is 18.6 Å². The van der Waals surface area contributed by atoms with E-state index in [1.54, 1.807) is 24.3 Å². The Hall–Kier alpha value is -4.46. The van der Waals surface area contributed by atoms with Crippen LogP contribution in [0.1, 0.15) is 56.9 Å². The molecule has 1 saturated heterocycles. The monoisotopic (exact) mass is 662 g/mol. The molecule has 1 spiro atoms. The molecule has 47 heavy (non-hydrogen) atoms. The number of nitrogens with one attached hydrogen (secondary N) is 1. The van der Waals surface area contributed by atoms with Crippen molar-refractivity contribution in [3.8, 4) is 0 Å². The highest BCUT2D eigenvalue weighted by Crippen LogP contribution is 2.58. The van der Waals surface area contributed by atoms with E-state index in [0.717, 1.165) is 42.9 Å². The summed E-state index contributed by atoms with van der Waals surface area (Å²) in [5.41, 5.74) is -6.68. The minimum absolute atomic E-state index is 0.240. The van der Waals surface area contributed by atoms with Crippen molar-refractivity contribution in [3.63, 3.8) is 0 Å². The molecule has 4 rings (SSSR count). The van der Waals surface area contributed by atoms with Crippen LogP contribution in [0.25, 0.3) is 0 Å². The first-order valence-corrected chi connectivity index (χ1v) is 14.9. The molecule has 2 aliphatic heterocycles. The van der Waals surface area contributed by atoms with E-state index in [9.17, 15) is 37.1 Å². The minimum atomic E-state index is -4.99. The van der Waals surface area contributed by atoms with E-state index < -0.39 is 82.2 Å². The standard InChI is InChI=1S/C33H37F3N2O9/c1-8-46-28(42)32(29(43)47-9-2)23(26(40)45-7)22(25(39)44-6)31(37-32)20-11-10-12-21(33(34,35)36)24(20)38(27(31)41)17-18-13-15-19(16-14-18)30(3,4)5/h10-16,22-23,37H,8-9,17H2,1-7H3/t22-,23+,31+/m0/s1. The van der Waals surface area contributed by atoms with Gasteiger partial charge in [0.2, 0.25) is 5.54 Å². The first-order chi connectivity index (χ1) is 22.0. The van der Waals surface area contributed by atoms with Crippen molar-refractivity contribution >= 4 is 35.5 Å². The summed E-state index contributed by atoms with van der Waals surface area (Å²) < 4.78 is 64.3. The lowest BCUT2D eigenvalue weighted by atomic mass is 9.72. The summed E-state index contributed by atoms with van der Waals surface area (Å²) in [6.07, 6.45) is -4.99. The number of alkyl halides is 3. The van der Waals surface area contributed by atoms with Crippen LogP contribution >= 0.6 is 0 Å². The van der Waals surface area contributed by atoms with Crippen LogP contribution in [0.4, 0.5) is 18.9 Å². The number of methoxy groups -OCH3 is 2. The van der Waals surface area contributed by atoms with Crippen LogP contribution in [0.15, 0.2) is 42.5 Å². The molecule has 2 heterocycles. The zero-order valence-corrected chi connectivity index (χ0v) is 27.1. The molecule has 3 atom stereocenters. The third-order valence-electron chi connectivity index (χ3n) is 8.55. The Bertz CT molecular complexity index is 1570. The highest BCUT2D eigenvalue weighted by Gasteiger charge is 2.79. The predicted octanol–water partition coefficient (Wildman–Crippen LogP) is 3.79. The molecule has 2 aromatic rings. The van der Waals surface area contributed by atoms with Crippen LogP contribution in [-0.4, -0.2) is 62.8 Å². The molecule has 0 bridgehead atoms. The zero-order chi connectivity index (χ0) is 35.1. The van der Waals surface area contributed by atoms with Gasteiger partial charge in [-0.05, 0) is 36.5 Å². The average molecular weight is 663 g/mol. The third kappa shape index (κ3) is 5.62. The number of amides is 1. The number of carbonyl (C=O) groups is 5. The minimum Gasteiger partial charge on any atom is -0.469 e. The number of hydrogen-bond acceptors (Lipinski definition) is 10. The summed E-state index contributed by atoms with van der Waals surface area (Å²) in [6, 6.07) is 9.84. The number of fused-ring (bicyclic) bond motifs is 2. The second-order valence-corrected chi connectivity index (χ2v) is 12.2. The Morgan fingerprint density at radius 2 is 1.38 bits per heavy atom. The van der Waals surface area contributed by atoms with E-state index in [0.29, 0.717) is 5.56 Å². The van der Waals surface area contributed by atoms with Crippen LogP contribution in [-0.2, 0) is 66.6 Å². The molecule has 2 aromatic carbocycles. The number of benzene rings is 2. The molecule has 254 valence electrons. The molecule has 0 aromatic heterocycles. The summed E-state index contributed by atoms with van der Waals surface area (Å²) >= 11 is 0. The van der Waals surface area contributed by atoms with Crippen molar-refractivity contribution in [2.24, 2.45) is 11.8 Å². The van der Waals surface area contributed by atoms with E-state index >= 15 is 0 Å². The molecular weight excluding hydrogens is 625 g/mol. The number of hydrogen-bond donors (Lipinski definition) is 1. The molecule has 0 aliphatic carbocycles. The van der Waals surface area contributed by atoms with Crippen molar-refractivity contribution in [2.75, 3.05) is 32.3 Å². The Balaban J connectivity index is 2.09. The maximum Gasteiger partial charge on any atom is 0.418 e. The number of ether oxygens (including phenoxy) is 4. The van der Waals surface area contributed by atoms with E-state index in [4.69, 9.17) is 18.9 Å². The lowest BCUT2D eigenvalue weighted by molar-refractivity contribution is -0.175. The number of para-hydroxylation sites is 1. The van der Waals surface area contributed by atoms with E-state index in [1.165, 1.54) is 13.8 Å². The number of nitrogens with zero attached hydrogens (tertiary/aromatic N) is 1. The SMILES string of the molecule is CCOC(=O)C1(C(=O)OCC)N[C@@]2(C(=O)N(Cc3ccc(C(C)(C)C)cc3)c3c(C(F)(F)F)cccc32)[C@H](C(=O)OC)[C@@H]1C(=O)OC. The van der Waals surface area contributed by atoms with Gasteiger partial charge in [0, 0.05) is 5.56 Å². The first-order valence-electron chi connectivity index (χ1n) is 14.9. The summed E-state index contributed by atoms with van der Waals surface area (Å²) in [5, 5.41) is 2.60. The molecule has 2 aliphatic rings. The second-order valence-electron chi connectivity index (χ2n) is 12.2.